The number of aryl methyl sites for hydroxylation is 2. The summed E-state index contributed by atoms with van der Waals surface area (Å²) in [5, 5.41) is 9.09. The van der Waals surface area contributed by atoms with Crippen LogP contribution < -0.4 is 5.32 Å². The SMILES string of the molecule is CCNC(=O)CCC(=O)c1ccc(C2=NO[C@@](C)(c3cc(C)c(C)c(C)c3)C2)c2ccccc12. The van der Waals surface area contributed by atoms with E-state index in [4.69, 9.17) is 4.84 Å². The van der Waals surface area contributed by atoms with Gasteiger partial charge in [-0.2, -0.15) is 0 Å². The average Bonchev–Trinajstić information content (AvgIpc) is 3.23. The molecule has 0 bridgehead atoms. The molecule has 3 aromatic carbocycles. The first-order chi connectivity index (χ1) is 16.2. The lowest BCUT2D eigenvalue weighted by atomic mass is 9.85. The van der Waals surface area contributed by atoms with Crippen molar-refractivity contribution in [2.45, 2.75) is 59.5 Å². The summed E-state index contributed by atoms with van der Waals surface area (Å²) in [6.07, 6.45) is 1.02. The number of carbonyl (C=O) groups is 2. The minimum Gasteiger partial charge on any atom is -0.384 e. The standard InChI is InChI=1S/C29H32N2O3/c1-6-30-28(33)14-13-27(32)25-12-11-24(22-9-7-8-10-23(22)25)26-17-29(5,34-31-26)21-15-18(2)20(4)19(3)16-21/h7-12,15-16H,6,13-14,17H2,1-5H3,(H,30,33)/t29-/m1/s1. The second-order valence-electron chi connectivity index (χ2n) is 9.35. The Labute approximate surface area is 201 Å². The Bertz CT molecular complexity index is 1280. The van der Waals surface area contributed by atoms with Crippen LogP contribution in [0, 0.1) is 20.8 Å². The Kier molecular flexibility index (Phi) is 6.56. The van der Waals surface area contributed by atoms with Gasteiger partial charge in [-0.15, -0.1) is 0 Å². The Morgan fingerprint density at radius 1 is 1.00 bits per heavy atom. The highest BCUT2D eigenvalue weighted by Gasteiger charge is 2.37. The maximum atomic E-state index is 12.9. The van der Waals surface area contributed by atoms with Gasteiger partial charge in [0.25, 0.3) is 0 Å². The predicted molar refractivity (Wildman–Crippen MR) is 136 cm³/mol. The first-order valence-corrected chi connectivity index (χ1v) is 11.9. The van der Waals surface area contributed by atoms with E-state index in [0.29, 0.717) is 18.5 Å². The highest BCUT2D eigenvalue weighted by Crippen LogP contribution is 2.39. The van der Waals surface area contributed by atoms with Gasteiger partial charge in [0.15, 0.2) is 11.4 Å². The number of carbonyl (C=O) groups excluding carboxylic acids is 2. The Morgan fingerprint density at radius 3 is 2.35 bits per heavy atom. The topological polar surface area (TPSA) is 67.8 Å². The van der Waals surface area contributed by atoms with Crippen LogP contribution in [-0.2, 0) is 15.2 Å². The number of hydrogen-bond acceptors (Lipinski definition) is 4. The molecule has 0 saturated heterocycles. The van der Waals surface area contributed by atoms with Gasteiger partial charge in [0.2, 0.25) is 5.91 Å². The number of Topliss-reactive ketones (excluding diaryl/α,β-unsaturated/α-hetero) is 1. The van der Waals surface area contributed by atoms with Gasteiger partial charge in [0.1, 0.15) is 0 Å². The van der Waals surface area contributed by atoms with E-state index in [1.165, 1.54) is 16.7 Å². The minimum absolute atomic E-state index is 0.0333. The summed E-state index contributed by atoms with van der Waals surface area (Å²) in [4.78, 5) is 30.8. The van der Waals surface area contributed by atoms with E-state index >= 15 is 0 Å². The van der Waals surface area contributed by atoms with Crippen molar-refractivity contribution in [2.24, 2.45) is 5.16 Å². The molecule has 0 spiro atoms. The molecule has 1 heterocycles. The number of nitrogens with zero attached hydrogens (tertiary/aromatic N) is 1. The first-order valence-electron chi connectivity index (χ1n) is 11.9. The lowest BCUT2D eigenvalue weighted by Gasteiger charge is -2.24. The van der Waals surface area contributed by atoms with Crippen LogP contribution in [0.1, 0.15) is 71.3 Å². The average molecular weight is 457 g/mol. The number of rotatable bonds is 7. The quantitative estimate of drug-likeness (QED) is 0.450. The predicted octanol–water partition coefficient (Wildman–Crippen LogP) is 5.90. The van der Waals surface area contributed by atoms with Gasteiger partial charge in [-0.3, -0.25) is 9.59 Å². The van der Waals surface area contributed by atoms with Crippen molar-refractivity contribution in [3.8, 4) is 0 Å². The Hall–Kier alpha value is -3.47. The van der Waals surface area contributed by atoms with E-state index in [-0.39, 0.29) is 24.5 Å². The monoisotopic (exact) mass is 456 g/mol. The molecule has 1 amide bonds. The van der Waals surface area contributed by atoms with Crippen LogP contribution in [0.2, 0.25) is 0 Å². The molecule has 0 radical (unpaired) electrons. The summed E-state index contributed by atoms with van der Waals surface area (Å²) < 4.78 is 0. The number of hydrogen-bond donors (Lipinski definition) is 1. The zero-order chi connectivity index (χ0) is 24.5. The highest BCUT2D eigenvalue weighted by molar-refractivity contribution is 6.17. The van der Waals surface area contributed by atoms with Crippen LogP contribution in [0.4, 0.5) is 0 Å². The number of fused-ring (bicyclic) bond motifs is 1. The lowest BCUT2D eigenvalue weighted by Crippen LogP contribution is -2.23. The molecular formula is C29H32N2O3. The molecule has 34 heavy (non-hydrogen) atoms. The normalized spacial score (nSPS) is 17.4. The van der Waals surface area contributed by atoms with Crippen LogP contribution in [0.15, 0.2) is 53.7 Å². The lowest BCUT2D eigenvalue weighted by molar-refractivity contribution is -0.120. The molecular weight excluding hydrogens is 424 g/mol. The number of amides is 1. The smallest absolute Gasteiger partial charge is 0.220 e. The first kappa shape index (κ1) is 23.7. The van der Waals surface area contributed by atoms with Crippen LogP contribution in [-0.4, -0.2) is 23.9 Å². The highest BCUT2D eigenvalue weighted by atomic mass is 16.7. The van der Waals surface area contributed by atoms with E-state index in [9.17, 15) is 9.59 Å². The molecule has 3 aromatic rings. The third-order valence-corrected chi connectivity index (χ3v) is 6.89. The van der Waals surface area contributed by atoms with Gasteiger partial charge in [0.05, 0.1) is 5.71 Å². The Morgan fingerprint density at radius 2 is 1.68 bits per heavy atom. The van der Waals surface area contributed by atoms with Crippen molar-refractivity contribution < 1.29 is 14.4 Å². The van der Waals surface area contributed by atoms with Crippen molar-refractivity contribution in [3.05, 3.63) is 81.9 Å². The molecule has 1 atom stereocenters. The third-order valence-electron chi connectivity index (χ3n) is 6.89. The van der Waals surface area contributed by atoms with Crippen LogP contribution in [0.25, 0.3) is 10.8 Å². The Balaban J connectivity index is 1.63. The molecule has 0 aromatic heterocycles. The minimum atomic E-state index is -0.541. The van der Waals surface area contributed by atoms with E-state index in [1.54, 1.807) is 0 Å². The van der Waals surface area contributed by atoms with E-state index in [1.807, 2.05) is 43.3 Å². The summed E-state index contributed by atoms with van der Waals surface area (Å²) in [7, 11) is 0. The third kappa shape index (κ3) is 4.47. The fourth-order valence-electron chi connectivity index (χ4n) is 4.62. The van der Waals surface area contributed by atoms with Gasteiger partial charge in [-0.25, -0.2) is 0 Å². The van der Waals surface area contributed by atoms with Gasteiger partial charge in [0, 0.05) is 36.9 Å². The van der Waals surface area contributed by atoms with Gasteiger partial charge in [-0.05, 0) is 67.6 Å². The molecule has 0 saturated carbocycles. The van der Waals surface area contributed by atoms with Crippen LogP contribution in [0.3, 0.4) is 0 Å². The number of ketones is 1. The number of benzene rings is 3. The molecule has 176 valence electrons. The number of oxime groups is 1. The summed E-state index contributed by atoms with van der Waals surface area (Å²) >= 11 is 0. The molecule has 0 aliphatic carbocycles. The van der Waals surface area contributed by atoms with Crippen molar-refractivity contribution in [3.63, 3.8) is 0 Å². The zero-order valence-corrected chi connectivity index (χ0v) is 20.6. The zero-order valence-electron chi connectivity index (χ0n) is 20.6. The summed E-state index contributed by atoms with van der Waals surface area (Å²) in [5.41, 5.74) is 6.84. The molecule has 1 aliphatic rings. The molecule has 1 N–H and O–H groups in total. The van der Waals surface area contributed by atoms with Crippen LogP contribution >= 0.6 is 0 Å². The molecule has 5 heteroatoms. The van der Waals surface area contributed by atoms with Crippen LogP contribution in [0.5, 0.6) is 0 Å². The van der Waals surface area contributed by atoms with Crippen molar-refractivity contribution in [1.82, 2.24) is 5.32 Å². The van der Waals surface area contributed by atoms with Gasteiger partial charge >= 0.3 is 0 Å². The largest absolute Gasteiger partial charge is 0.384 e. The van der Waals surface area contributed by atoms with E-state index < -0.39 is 5.60 Å². The maximum absolute atomic E-state index is 12.9. The van der Waals surface area contributed by atoms with Crippen molar-refractivity contribution in [2.75, 3.05) is 6.54 Å². The van der Waals surface area contributed by atoms with E-state index in [2.05, 4.69) is 50.3 Å². The molecule has 0 fully saturated rings. The van der Waals surface area contributed by atoms with Crippen molar-refractivity contribution in [1.29, 1.82) is 0 Å². The fourth-order valence-corrected chi connectivity index (χ4v) is 4.62. The molecule has 5 nitrogen and oxygen atoms in total. The van der Waals surface area contributed by atoms with Gasteiger partial charge < -0.3 is 10.2 Å². The second-order valence-corrected chi connectivity index (χ2v) is 9.35. The second kappa shape index (κ2) is 9.41. The maximum Gasteiger partial charge on any atom is 0.220 e. The summed E-state index contributed by atoms with van der Waals surface area (Å²) in [5.74, 6) is -0.135. The number of nitrogens with one attached hydrogen (secondary N) is 1. The molecule has 4 rings (SSSR count). The summed E-state index contributed by atoms with van der Waals surface area (Å²) in [6.45, 7) is 10.9. The molecule has 1 aliphatic heterocycles. The van der Waals surface area contributed by atoms with Crippen molar-refractivity contribution >= 4 is 28.2 Å². The van der Waals surface area contributed by atoms with Gasteiger partial charge in [-0.1, -0.05) is 53.7 Å². The molecule has 0 unspecified atom stereocenters. The summed E-state index contributed by atoms with van der Waals surface area (Å²) in [6, 6.07) is 16.1. The fraction of sp³-hybridized carbons (Fsp3) is 0.345. The van der Waals surface area contributed by atoms with E-state index in [0.717, 1.165) is 27.6 Å².